The van der Waals surface area contributed by atoms with Gasteiger partial charge in [0, 0.05) is 23.4 Å². The van der Waals surface area contributed by atoms with Gasteiger partial charge >= 0.3 is 0 Å². The molecule has 2 aliphatic heterocycles. The third-order valence-electron chi connectivity index (χ3n) is 3.48. The van der Waals surface area contributed by atoms with Crippen LogP contribution in [0.5, 0.6) is 0 Å². The van der Waals surface area contributed by atoms with Gasteiger partial charge in [-0.3, -0.25) is 9.79 Å². The number of Topliss-reactive ketones (excluding diaryl/α,β-unsaturated/α-hetero) is 1. The molecule has 0 unspecified atom stereocenters. The van der Waals surface area contributed by atoms with Crippen molar-refractivity contribution in [2.24, 2.45) is 9.98 Å². The fraction of sp³-hybridized carbons (Fsp3) is 0.133. The first-order valence-corrected chi connectivity index (χ1v) is 6.03. The normalized spacial score (nSPS) is 15.2. The maximum atomic E-state index is 12.1. The number of benzene rings is 2. The van der Waals surface area contributed by atoms with E-state index in [-0.39, 0.29) is 5.78 Å². The molecule has 0 spiro atoms. The van der Waals surface area contributed by atoms with Gasteiger partial charge in [-0.25, -0.2) is 4.99 Å². The van der Waals surface area contributed by atoms with Crippen LogP contribution >= 0.6 is 0 Å². The molecule has 0 saturated heterocycles. The molecule has 0 radical (unpaired) electrons. The number of rotatable bonds is 0. The Morgan fingerprint density at radius 2 is 1.83 bits per heavy atom. The molecule has 0 saturated carbocycles. The van der Waals surface area contributed by atoms with Gasteiger partial charge in [-0.2, -0.15) is 0 Å². The summed E-state index contributed by atoms with van der Waals surface area (Å²) in [7, 11) is 0. The van der Waals surface area contributed by atoms with Gasteiger partial charge in [-0.05, 0) is 18.2 Å². The minimum Gasteiger partial charge on any atom is -0.294 e. The molecule has 3 nitrogen and oxygen atoms in total. The molecule has 3 heteroatoms. The highest BCUT2D eigenvalue weighted by atomic mass is 16.1. The van der Waals surface area contributed by atoms with Gasteiger partial charge < -0.3 is 0 Å². The van der Waals surface area contributed by atoms with Crippen molar-refractivity contribution >= 4 is 11.5 Å². The zero-order valence-corrected chi connectivity index (χ0v) is 9.68. The molecular formula is C15H10N2O. The third-order valence-corrected chi connectivity index (χ3v) is 3.48. The summed E-state index contributed by atoms with van der Waals surface area (Å²) < 4.78 is 0. The summed E-state index contributed by atoms with van der Waals surface area (Å²) in [4.78, 5) is 21.1. The van der Waals surface area contributed by atoms with Crippen molar-refractivity contribution in [2.75, 3.05) is 6.54 Å². The van der Waals surface area contributed by atoms with Crippen molar-refractivity contribution in [3.8, 4) is 0 Å². The zero-order chi connectivity index (χ0) is 12.1. The molecule has 2 aromatic carbocycles. The maximum Gasteiger partial charge on any atom is 0.169 e. The average molecular weight is 234 g/mol. The Bertz CT molecular complexity index is 897. The van der Waals surface area contributed by atoms with Crippen molar-refractivity contribution in [1.29, 1.82) is 0 Å². The zero-order valence-electron chi connectivity index (χ0n) is 9.68. The van der Waals surface area contributed by atoms with E-state index in [0.717, 1.165) is 26.8 Å². The number of carbonyl (C=O) groups is 1. The minimum atomic E-state index is 0.161. The van der Waals surface area contributed by atoms with Crippen LogP contribution in [0.1, 0.15) is 16.8 Å². The summed E-state index contributed by atoms with van der Waals surface area (Å²) in [5.41, 5.74) is 1.51. The van der Waals surface area contributed by atoms with E-state index in [9.17, 15) is 4.79 Å². The predicted octanol–water partition coefficient (Wildman–Crippen LogP) is 1.44. The van der Waals surface area contributed by atoms with Gasteiger partial charge in [0.1, 0.15) is 0 Å². The fourth-order valence-electron chi connectivity index (χ4n) is 2.64. The van der Waals surface area contributed by atoms with Crippen molar-refractivity contribution < 1.29 is 4.79 Å². The summed E-state index contributed by atoms with van der Waals surface area (Å²) in [6.45, 7) is 0.595. The van der Waals surface area contributed by atoms with E-state index in [2.05, 4.69) is 9.98 Å². The first kappa shape index (κ1) is 9.71. The second-order valence-electron chi connectivity index (χ2n) is 4.54. The lowest BCUT2D eigenvalue weighted by Gasteiger charge is -2.08. The van der Waals surface area contributed by atoms with Crippen molar-refractivity contribution in [2.45, 2.75) is 6.42 Å². The largest absolute Gasteiger partial charge is 0.294 e. The molecule has 0 fully saturated rings. The molecule has 86 valence electrons. The smallest absolute Gasteiger partial charge is 0.169 e. The van der Waals surface area contributed by atoms with Gasteiger partial charge in [-0.15, -0.1) is 0 Å². The summed E-state index contributed by atoms with van der Waals surface area (Å²) in [6, 6.07) is 11.9. The fourth-order valence-corrected chi connectivity index (χ4v) is 2.64. The van der Waals surface area contributed by atoms with Crippen LogP contribution in [-0.2, 0) is 0 Å². The Kier molecular flexibility index (Phi) is 1.81. The lowest BCUT2D eigenvalue weighted by Crippen LogP contribution is -2.21. The lowest BCUT2D eigenvalue weighted by atomic mass is 10.0. The maximum absolute atomic E-state index is 12.1. The van der Waals surface area contributed by atoms with Crippen LogP contribution in [-0.4, -0.2) is 12.3 Å². The molecule has 0 aromatic heterocycles. The van der Waals surface area contributed by atoms with Crippen LogP contribution in [0.2, 0.25) is 0 Å². The number of para-hydroxylation sites is 1. The highest BCUT2D eigenvalue weighted by Crippen LogP contribution is 2.23. The van der Waals surface area contributed by atoms with Gasteiger partial charge in [-0.1, -0.05) is 18.2 Å². The topological polar surface area (TPSA) is 41.8 Å². The Morgan fingerprint density at radius 1 is 0.944 bits per heavy atom. The molecule has 18 heavy (non-hydrogen) atoms. The predicted molar refractivity (Wildman–Crippen MR) is 66.3 cm³/mol. The quantitative estimate of drug-likeness (QED) is 0.580. The lowest BCUT2D eigenvalue weighted by molar-refractivity contribution is 0.0980. The van der Waals surface area contributed by atoms with Crippen molar-refractivity contribution in [1.82, 2.24) is 0 Å². The second kappa shape index (κ2) is 3.35. The average Bonchev–Trinajstić information content (AvgIpc) is 2.77. The molecule has 2 heterocycles. The third kappa shape index (κ3) is 1.16. The van der Waals surface area contributed by atoms with Gasteiger partial charge in [0.05, 0.1) is 22.0 Å². The van der Waals surface area contributed by atoms with E-state index in [0.29, 0.717) is 18.5 Å². The van der Waals surface area contributed by atoms with E-state index < -0.39 is 0 Å². The standard InChI is InChI=1S/C15H10N2O/c18-13-7-8-16-12-6-5-10-9-3-1-2-4-11(9)17-15(10)14(12)13/h1-6H,7-8H2. The number of nitrogens with zero attached hydrogens (tertiary/aromatic N) is 2. The van der Waals surface area contributed by atoms with Gasteiger partial charge in [0.25, 0.3) is 0 Å². The van der Waals surface area contributed by atoms with Crippen LogP contribution < -0.4 is 10.7 Å². The number of hydrogen-bond donors (Lipinski definition) is 0. The number of ketones is 1. The van der Waals surface area contributed by atoms with Gasteiger partial charge in [0.15, 0.2) is 5.78 Å². The van der Waals surface area contributed by atoms with E-state index in [1.165, 1.54) is 0 Å². The van der Waals surface area contributed by atoms with Crippen molar-refractivity contribution in [3.63, 3.8) is 0 Å². The highest BCUT2D eigenvalue weighted by Gasteiger charge is 2.19. The monoisotopic (exact) mass is 234 g/mol. The highest BCUT2D eigenvalue weighted by molar-refractivity contribution is 6.01. The van der Waals surface area contributed by atoms with Crippen LogP contribution in [0.3, 0.4) is 0 Å². The van der Waals surface area contributed by atoms with E-state index in [1.807, 2.05) is 36.4 Å². The Labute approximate surface area is 103 Å². The number of hydrogen-bond acceptors (Lipinski definition) is 3. The summed E-state index contributed by atoms with van der Waals surface area (Å²) in [5.74, 6) is 0.161. The van der Waals surface area contributed by atoms with Crippen molar-refractivity contribution in [3.05, 3.63) is 63.1 Å². The molecule has 0 atom stereocenters. The molecule has 2 aromatic rings. The summed E-state index contributed by atoms with van der Waals surface area (Å²) >= 11 is 0. The molecule has 2 aliphatic rings. The van der Waals surface area contributed by atoms with Crippen LogP contribution in [0.25, 0.3) is 0 Å². The first-order chi connectivity index (χ1) is 8.84. The summed E-state index contributed by atoms with van der Waals surface area (Å²) in [5, 5.41) is 3.89. The van der Waals surface area contributed by atoms with Gasteiger partial charge in [0.2, 0.25) is 0 Å². The SMILES string of the molecule is O=C1CCN=c2ccc3c(c21)N=c1ccccc1=3. The van der Waals surface area contributed by atoms with Crippen LogP contribution in [0.4, 0.5) is 5.69 Å². The minimum absolute atomic E-state index is 0.161. The summed E-state index contributed by atoms with van der Waals surface area (Å²) in [6.07, 6.45) is 0.495. The van der Waals surface area contributed by atoms with Crippen LogP contribution in [0.15, 0.2) is 46.4 Å². The van der Waals surface area contributed by atoms with E-state index in [1.54, 1.807) is 0 Å². The molecule has 0 amide bonds. The van der Waals surface area contributed by atoms with E-state index >= 15 is 0 Å². The molecular weight excluding hydrogens is 224 g/mol. The Balaban J connectivity index is 2.28. The molecule has 0 aliphatic carbocycles. The molecule has 0 bridgehead atoms. The molecule has 4 rings (SSSR count). The molecule has 0 N–H and O–H groups in total. The number of fused-ring (bicyclic) bond motifs is 4. The number of carbonyl (C=O) groups excluding carboxylic acids is 1. The second-order valence-corrected chi connectivity index (χ2v) is 4.54. The first-order valence-electron chi connectivity index (χ1n) is 6.03. The van der Waals surface area contributed by atoms with E-state index in [4.69, 9.17) is 0 Å². The van der Waals surface area contributed by atoms with Crippen LogP contribution in [0, 0.1) is 10.4 Å². The Morgan fingerprint density at radius 3 is 2.78 bits per heavy atom. The Hall–Kier alpha value is -2.29.